The molecule has 1 saturated heterocycles. The summed E-state index contributed by atoms with van der Waals surface area (Å²) in [7, 11) is 0. The van der Waals surface area contributed by atoms with E-state index in [-0.39, 0.29) is 17.0 Å². The van der Waals surface area contributed by atoms with Crippen molar-refractivity contribution < 1.29 is 9.13 Å². The van der Waals surface area contributed by atoms with Crippen LogP contribution >= 0.6 is 22.6 Å². The number of rotatable bonds is 2. The summed E-state index contributed by atoms with van der Waals surface area (Å²) in [4.78, 5) is 2.28. The van der Waals surface area contributed by atoms with Gasteiger partial charge in [-0.05, 0) is 56.4 Å². The van der Waals surface area contributed by atoms with Crippen molar-refractivity contribution in [3.05, 3.63) is 33.1 Å². The average molecular weight is 377 g/mol. The van der Waals surface area contributed by atoms with Crippen molar-refractivity contribution in [2.24, 2.45) is 0 Å². The molecule has 0 aliphatic carbocycles. The summed E-state index contributed by atoms with van der Waals surface area (Å²) < 4.78 is 20.8. The number of hydrogen-bond donors (Lipinski definition) is 0. The molecule has 0 radical (unpaired) electrons. The Kier molecular flexibility index (Phi) is 4.23. The van der Waals surface area contributed by atoms with E-state index in [9.17, 15) is 4.39 Å². The van der Waals surface area contributed by atoms with Crippen molar-refractivity contribution in [1.82, 2.24) is 4.90 Å². The van der Waals surface area contributed by atoms with Crippen LogP contribution in [0.4, 0.5) is 4.39 Å². The van der Waals surface area contributed by atoms with Gasteiger partial charge >= 0.3 is 0 Å². The van der Waals surface area contributed by atoms with Gasteiger partial charge in [0.2, 0.25) is 0 Å². The van der Waals surface area contributed by atoms with Crippen LogP contribution in [0.15, 0.2) is 18.2 Å². The molecule has 1 aliphatic rings. The van der Waals surface area contributed by atoms with Crippen LogP contribution in [0.3, 0.4) is 0 Å². The van der Waals surface area contributed by atoms with Gasteiger partial charge < -0.3 is 4.74 Å². The summed E-state index contributed by atoms with van der Waals surface area (Å²) in [5, 5.41) is 0. The summed E-state index contributed by atoms with van der Waals surface area (Å²) in [6.07, 6.45) is 0. The van der Waals surface area contributed by atoms with Crippen LogP contribution in [-0.2, 0) is 11.3 Å². The molecule has 0 N–H and O–H groups in total. The Morgan fingerprint density at radius 2 is 1.79 bits per heavy atom. The molecule has 0 spiro atoms. The van der Waals surface area contributed by atoms with E-state index in [4.69, 9.17) is 4.74 Å². The number of hydrogen-bond acceptors (Lipinski definition) is 2. The normalized spacial score (nSPS) is 22.4. The van der Waals surface area contributed by atoms with Crippen LogP contribution in [0.25, 0.3) is 0 Å². The van der Waals surface area contributed by atoms with Crippen molar-refractivity contribution in [1.29, 1.82) is 0 Å². The SMILES string of the molecule is CC1(C)CN(Cc2cccc(I)c2F)CC(C)(C)O1. The van der Waals surface area contributed by atoms with Gasteiger partial charge in [-0.3, -0.25) is 4.90 Å². The van der Waals surface area contributed by atoms with Gasteiger partial charge in [-0.1, -0.05) is 12.1 Å². The van der Waals surface area contributed by atoms with E-state index in [1.807, 2.05) is 34.7 Å². The summed E-state index contributed by atoms with van der Waals surface area (Å²) in [5.41, 5.74) is 0.376. The molecule has 0 amide bonds. The zero-order valence-corrected chi connectivity index (χ0v) is 14.1. The van der Waals surface area contributed by atoms with Crippen LogP contribution in [0.5, 0.6) is 0 Å². The minimum atomic E-state index is -0.194. The highest BCUT2D eigenvalue weighted by molar-refractivity contribution is 14.1. The molecule has 2 rings (SSSR count). The number of halogens is 2. The van der Waals surface area contributed by atoms with E-state index in [2.05, 4.69) is 32.6 Å². The lowest BCUT2D eigenvalue weighted by Gasteiger charge is -2.47. The first-order valence-electron chi connectivity index (χ1n) is 6.54. The molecule has 1 aromatic carbocycles. The Hall–Kier alpha value is -0.200. The summed E-state index contributed by atoms with van der Waals surface area (Å²) in [6, 6.07) is 5.58. The molecule has 1 aromatic rings. The second-order valence-corrected chi connectivity index (χ2v) is 7.64. The minimum absolute atomic E-state index is 0.0924. The standard InChI is InChI=1S/C15H21FINO/c1-14(2)9-18(10-15(3,4)19-14)8-11-6-5-7-12(17)13(11)16/h5-7H,8-10H2,1-4H3. The molecule has 1 aliphatic heterocycles. The highest BCUT2D eigenvalue weighted by atomic mass is 127. The molecular formula is C15H21FINO. The van der Waals surface area contributed by atoms with E-state index in [1.165, 1.54) is 0 Å². The fourth-order valence-corrected chi connectivity index (χ4v) is 3.52. The van der Waals surface area contributed by atoms with Gasteiger partial charge in [-0.2, -0.15) is 0 Å². The summed E-state index contributed by atoms with van der Waals surface area (Å²) in [5.74, 6) is -0.0924. The average Bonchev–Trinajstić information content (AvgIpc) is 2.20. The lowest BCUT2D eigenvalue weighted by molar-refractivity contribution is -0.182. The Bertz CT molecular complexity index is 457. The lowest BCUT2D eigenvalue weighted by Crippen LogP contribution is -2.56. The van der Waals surface area contributed by atoms with Crippen LogP contribution in [0.1, 0.15) is 33.3 Å². The molecule has 1 fully saturated rings. The molecule has 0 atom stereocenters. The first kappa shape index (κ1) is 15.2. The topological polar surface area (TPSA) is 12.5 Å². The highest BCUT2D eigenvalue weighted by Crippen LogP contribution is 2.29. The van der Waals surface area contributed by atoms with Crippen molar-refractivity contribution >= 4 is 22.6 Å². The number of nitrogens with zero attached hydrogens (tertiary/aromatic N) is 1. The van der Waals surface area contributed by atoms with Crippen molar-refractivity contribution in [2.45, 2.75) is 45.4 Å². The second-order valence-electron chi connectivity index (χ2n) is 6.48. The van der Waals surface area contributed by atoms with Gasteiger partial charge in [0.15, 0.2) is 0 Å². The molecule has 106 valence electrons. The van der Waals surface area contributed by atoms with Gasteiger partial charge in [0.05, 0.1) is 11.2 Å². The van der Waals surface area contributed by atoms with E-state index in [0.717, 1.165) is 18.7 Å². The highest BCUT2D eigenvalue weighted by Gasteiger charge is 2.38. The third-order valence-corrected chi connectivity index (χ3v) is 4.02. The maximum atomic E-state index is 14.1. The van der Waals surface area contributed by atoms with Crippen molar-refractivity contribution in [3.63, 3.8) is 0 Å². The van der Waals surface area contributed by atoms with E-state index >= 15 is 0 Å². The van der Waals surface area contributed by atoms with Gasteiger partial charge in [0, 0.05) is 28.8 Å². The first-order chi connectivity index (χ1) is 8.69. The molecule has 4 heteroatoms. The smallest absolute Gasteiger partial charge is 0.141 e. The van der Waals surface area contributed by atoms with E-state index in [0.29, 0.717) is 10.1 Å². The minimum Gasteiger partial charge on any atom is -0.367 e. The third kappa shape index (κ3) is 3.89. The maximum Gasteiger partial charge on any atom is 0.141 e. The largest absolute Gasteiger partial charge is 0.367 e. The van der Waals surface area contributed by atoms with Gasteiger partial charge in [-0.15, -0.1) is 0 Å². The molecule has 19 heavy (non-hydrogen) atoms. The molecule has 1 heterocycles. The van der Waals surface area contributed by atoms with Crippen molar-refractivity contribution in [3.8, 4) is 0 Å². The van der Waals surface area contributed by atoms with E-state index < -0.39 is 0 Å². The second kappa shape index (κ2) is 5.30. The molecule has 2 nitrogen and oxygen atoms in total. The fourth-order valence-electron chi connectivity index (χ4n) is 2.97. The fraction of sp³-hybridized carbons (Fsp3) is 0.600. The Balaban J connectivity index is 2.16. The number of benzene rings is 1. The molecule has 0 bridgehead atoms. The Morgan fingerprint density at radius 3 is 2.37 bits per heavy atom. The molecule has 0 aromatic heterocycles. The van der Waals surface area contributed by atoms with Gasteiger partial charge in [0.1, 0.15) is 5.82 Å². The maximum absolute atomic E-state index is 14.1. The summed E-state index contributed by atoms with van der Waals surface area (Å²) in [6.45, 7) is 10.6. The van der Waals surface area contributed by atoms with Gasteiger partial charge in [-0.25, -0.2) is 4.39 Å². The predicted molar refractivity (Wildman–Crippen MR) is 83.6 cm³/mol. The zero-order chi connectivity index (χ0) is 14.3. The molecule has 0 saturated carbocycles. The van der Waals surface area contributed by atoms with Crippen LogP contribution < -0.4 is 0 Å². The summed E-state index contributed by atoms with van der Waals surface area (Å²) >= 11 is 2.04. The molecule has 0 unspecified atom stereocenters. The van der Waals surface area contributed by atoms with Crippen molar-refractivity contribution in [2.75, 3.05) is 13.1 Å². The molecular weight excluding hydrogens is 356 g/mol. The zero-order valence-electron chi connectivity index (χ0n) is 12.0. The van der Waals surface area contributed by atoms with Crippen LogP contribution in [-0.4, -0.2) is 29.2 Å². The Labute approximate surface area is 128 Å². The Morgan fingerprint density at radius 1 is 1.21 bits per heavy atom. The van der Waals surface area contributed by atoms with Crippen LogP contribution in [0, 0.1) is 9.39 Å². The third-order valence-electron chi connectivity index (χ3n) is 3.19. The number of ether oxygens (including phenoxy) is 1. The quantitative estimate of drug-likeness (QED) is 0.727. The van der Waals surface area contributed by atoms with E-state index in [1.54, 1.807) is 6.07 Å². The first-order valence-corrected chi connectivity index (χ1v) is 7.62. The lowest BCUT2D eigenvalue weighted by atomic mass is 9.98. The van der Waals surface area contributed by atoms with Gasteiger partial charge in [0.25, 0.3) is 0 Å². The predicted octanol–water partition coefficient (Wildman–Crippen LogP) is 3.82. The number of morpholine rings is 1. The van der Waals surface area contributed by atoms with Crippen LogP contribution in [0.2, 0.25) is 0 Å². The monoisotopic (exact) mass is 377 g/mol.